The molecular weight excluding hydrogens is 288 g/mol. The normalized spacial score (nSPS) is 12.6. The van der Waals surface area contributed by atoms with Crippen molar-refractivity contribution in [3.8, 4) is 0 Å². The Morgan fingerprint density at radius 3 is 2.74 bits per heavy atom. The van der Waals surface area contributed by atoms with E-state index in [9.17, 15) is 4.79 Å². The van der Waals surface area contributed by atoms with Gasteiger partial charge in [-0.15, -0.1) is 0 Å². The van der Waals surface area contributed by atoms with Crippen LogP contribution in [0.4, 0.5) is 5.69 Å². The van der Waals surface area contributed by atoms with Gasteiger partial charge >= 0.3 is 0 Å². The molecule has 5 nitrogen and oxygen atoms in total. The molecule has 0 saturated heterocycles. The minimum absolute atomic E-state index is 0.0616. The van der Waals surface area contributed by atoms with Crippen molar-refractivity contribution in [2.75, 3.05) is 12.4 Å². The fourth-order valence-corrected chi connectivity index (χ4v) is 2.35. The molecule has 0 fully saturated rings. The van der Waals surface area contributed by atoms with Crippen LogP contribution in [0.15, 0.2) is 29.3 Å². The second-order valence-electron chi connectivity index (χ2n) is 5.85. The van der Waals surface area contributed by atoms with E-state index in [0.29, 0.717) is 12.6 Å². The molecule has 0 radical (unpaired) electrons. The SMILES string of the molecule is CCCCCC(C)NC(=NC)NCc1cccc(NC(C)=O)c1. The van der Waals surface area contributed by atoms with Gasteiger partial charge in [0.2, 0.25) is 5.91 Å². The molecule has 3 N–H and O–H groups in total. The van der Waals surface area contributed by atoms with Crippen LogP contribution in [0.25, 0.3) is 0 Å². The number of unbranched alkanes of at least 4 members (excludes halogenated alkanes) is 2. The Kier molecular flexibility index (Phi) is 8.80. The molecular formula is C18H30N4O. The van der Waals surface area contributed by atoms with Crippen LogP contribution in [0.3, 0.4) is 0 Å². The Hall–Kier alpha value is -2.04. The Morgan fingerprint density at radius 2 is 2.09 bits per heavy atom. The summed E-state index contributed by atoms with van der Waals surface area (Å²) in [4.78, 5) is 15.4. The first-order valence-corrected chi connectivity index (χ1v) is 8.38. The average molecular weight is 318 g/mol. The summed E-state index contributed by atoms with van der Waals surface area (Å²) >= 11 is 0. The Balaban J connectivity index is 2.46. The number of carbonyl (C=O) groups excluding carboxylic acids is 1. The molecule has 0 saturated carbocycles. The summed E-state index contributed by atoms with van der Waals surface area (Å²) in [7, 11) is 1.78. The fraction of sp³-hybridized carbons (Fsp3) is 0.556. The first-order valence-electron chi connectivity index (χ1n) is 8.38. The molecule has 0 heterocycles. The molecule has 5 heteroatoms. The Bertz CT molecular complexity index is 513. The molecule has 0 aliphatic rings. The maximum atomic E-state index is 11.1. The molecule has 0 aliphatic heterocycles. The summed E-state index contributed by atoms with van der Waals surface area (Å²) in [6.45, 7) is 6.57. The molecule has 1 rings (SSSR count). The monoisotopic (exact) mass is 318 g/mol. The molecule has 1 amide bonds. The molecule has 0 aromatic heterocycles. The second kappa shape index (κ2) is 10.6. The largest absolute Gasteiger partial charge is 0.354 e. The molecule has 0 aliphatic carbocycles. The van der Waals surface area contributed by atoms with Crippen LogP contribution in [0.5, 0.6) is 0 Å². The van der Waals surface area contributed by atoms with Gasteiger partial charge in [0.05, 0.1) is 0 Å². The number of aliphatic imine (C=N–C) groups is 1. The third-order valence-electron chi connectivity index (χ3n) is 3.55. The van der Waals surface area contributed by atoms with Gasteiger partial charge in [0, 0.05) is 32.2 Å². The smallest absolute Gasteiger partial charge is 0.221 e. The zero-order chi connectivity index (χ0) is 17.1. The summed E-state index contributed by atoms with van der Waals surface area (Å²) in [5.41, 5.74) is 1.91. The number of anilines is 1. The number of hydrogen-bond acceptors (Lipinski definition) is 2. The predicted molar refractivity (Wildman–Crippen MR) is 97.7 cm³/mol. The maximum absolute atomic E-state index is 11.1. The number of rotatable bonds is 8. The molecule has 0 bridgehead atoms. The molecule has 128 valence electrons. The van der Waals surface area contributed by atoms with Crippen molar-refractivity contribution in [1.82, 2.24) is 10.6 Å². The highest BCUT2D eigenvalue weighted by atomic mass is 16.1. The van der Waals surface area contributed by atoms with Crippen molar-refractivity contribution in [3.05, 3.63) is 29.8 Å². The van der Waals surface area contributed by atoms with Gasteiger partial charge in [0.25, 0.3) is 0 Å². The van der Waals surface area contributed by atoms with Crippen molar-refractivity contribution in [2.24, 2.45) is 4.99 Å². The predicted octanol–water partition coefficient (Wildman–Crippen LogP) is 3.28. The molecule has 1 atom stereocenters. The van der Waals surface area contributed by atoms with Crippen LogP contribution in [0.2, 0.25) is 0 Å². The highest BCUT2D eigenvalue weighted by Crippen LogP contribution is 2.10. The molecule has 23 heavy (non-hydrogen) atoms. The topological polar surface area (TPSA) is 65.5 Å². The summed E-state index contributed by atoms with van der Waals surface area (Å²) in [6.07, 6.45) is 4.89. The van der Waals surface area contributed by atoms with Gasteiger partial charge in [-0.05, 0) is 31.0 Å². The van der Waals surface area contributed by atoms with Gasteiger partial charge in [-0.3, -0.25) is 9.79 Å². The number of carbonyl (C=O) groups is 1. The number of guanidine groups is 1. The molecule has 1 unspecified atom stereocenters. The fourth-order valence-electron chi connectivity index (χ4n) is 2.35. The van der Waals surface area contributed by atoms with E-state index in [-0.39, 0.29) is 5.91 Å². The van der Waals surface area contributed by atoms with E-state index in [0.717, 1.165) is 23.6 Å². The first kappa shape index (κ1) is 19.0. The lowest BCUT2D eigenvalue weighted by Crippen LogP contribution is -2.41. The van der Waals surface area contributed by atoms with Crippen molar-refractivity contribution < 1.29 is 4.79 Å². The quantitative estimate of drug-likeness (QED) is 0.391. The molecule has 0 spiro atoms. The van der Waals surface area contributed by atoms with Gasteiger partial charge < -0.3 is 16.0 Å². The summed E-state index contributed by atoms with van der Waals surface area (Å²) < 4.78 is 0. The highest BCUT2D eigenvalue weighted by Gasteiger charge is 2.05. The van der Waals surface area contributed by atoms with E-state index >= 15 is 0 Å². The molecule has 1 aromatic rings. The van der Waals surface area contributed by atoms with Crippen molar-refractivity contribution in [2.45, 2.75) is 59.0 Å². The van der Waals surface area contributed by atoms with E-state index < -0.39 is 0 Å². The van der Waals surface area contributed by atoms with Crippen LogP contribution in [0.1, 0.15) is 52.0 Å². The van der Waals surface area contributed by atoms with Crippen LogP contribution in [-0.4, -0.2) is 25.0 Å². The van der Waals surface area contributed by atoms with E-state index in [1.165, 1.54) is 26.2 Å². The standard InChI is InChI=1S/C18H30N4O/c1-5-6-7-9-14(2)21-18(19-4)20-13-16-10-8-11-17(12-16)22-15(3)23/h8,10-12,14H,5-7,9,13H2,1-4H3,(H,22,23)(H2,19,20,21). The summed E-state index contributed by atoms with van der Waals surface area (Å²) in [6, 6.07) is 8.21. The summed E-state index contributed by atoms with van der Waals surface area (Å²) in [5.74, 6) is 0.743. The van der Waals surface area contributed by atoms with Crippen LogP contribution in [0, 0.1) is 0 Å². The van der Waals surface area contributed by atoms with Gasteiger partial charge in [-0.25, -0.2) is 0 Å². The zero-order valence-electron chi connectivity index (χ0n) is 14.8. The van der Waals surface area contributed by atoms with E-state index in [4.69, 9.17) is 0 Å². The van der Waals surface area contributed by atoms with Crippen LogP contribution in [-0.2, 0) is 11.3 Å². The van der Waals surface area contributed by atoms with Gasteiger partial charge in [-0.2, -0.15) is 0 Å². The number of amides is 1. The van der Waals surface area contributed by atoms with Gasteiger partial charge in [0.15, 0.2) is 5.96 Å². The van der Waals surface area contributed by atoms with Gasteiger partial charge in [0.1, 0.15) is 0 Å². The Labute approximate surface area is 140 Å². The average Bonchev–Trinajstić information content (AvgIpc) is 2.51. The van der Waals surface area contributed by atoms with Crippen LogP contribution < -0.4 is 16.0 Å². The lowest BCUT2D eigenvalue weighted by molar-refractivity contribution is -0.114. The third kappa shape index (κ3) is 8.24. The number of hydrogen-bond donors (Lipinski definition) is 3. The van der Waals surface area contributed by atoms with Crippen molar-refractivity contribution in [1.29, 1.82) is 0 Å². The number of benzene rings is 1. The van der Waals surface area contributed by atoms with Crippen molar-refractivity contribution >= 4 is 17.6 Å². The second-order valence-corrected chi connectivity index (χ2v) is 5.85. The number of nitrogens with one attached hydrogen (secondary N) is 3. The minimum Gasteiger partial charge on any atom is -0.354 e. The van der Waals surface area contributed by atoms with Crippen molar-refractivity contribution in [3.63, 3.8) is 0 Å². The summed E-state index contributed by atoms with van der Waals surface area (Å²) in [5, 5.41) is 9.52. The van der Waals surface area contributed by atoms with Gasteiger partial charge in [-0.1, -0.05) is 38.3 Å². The first-order chi connectivity index (χ1) is 11.0. The third-order valence-corrected chi connectivity index (χ3v) is 3.55. The van der Waals surface area contributed by atoms with E-state index in [2.05, 4.69) is 34.8 Å². The lowest BCUT2D eigenvalue weighted by atomic mass is 10.1. The lowest BCUT2D eigenvalue weighted by Gasteiger charge is -2.18. The van der Waals surface area contributed by atoms with Crippen LogP contribution >= 0.6 is 0 Å². The Morgan fingerprint density at radius 1 is 1.30 bits per heavy atom. The van der Waals surface area contributed by atoms with E-state index in [1.807, 2.05) is 24.3 Å². The van der Waals surface area contributed by atoms with E-state index in [1.54, 1.807) is 7.05 Å². The zero-order valence-corrected chi connectivity index (χ0v) is 14.8. The number of nitrogens with zero attached hydrogens (tertiary/aromatic N) is 1. The highest BCUT2D eigenvalue weighted by molar-refractivity contribution is 5.88. The minimum atomic E-state index is -0.0616. The maximum Gasteiger partial charge on any atom is 0.221 e. The molecule has 1 aromatic carbocycles.